The Labute approximate surface area is 117 Å². The van der Waals surface area contributed by atoms with Crippen LogP contribution in [0.3, 0.4) is 0 Å². The number of morpholine rings is 1. The lowest BCUT2D eigenvalue weighted by molar-refractivity contribution is -0.138. The predicted molar refractivity (Wildman–Crippen MR) is 71.6 cm³/mol. The van der Waals surface area contributed by atoms with Crippen molar-refractivity contribution in [2.75, 3.05) is 33.3 Å². The predicted octanol–water partition coefficient (Wildman–Crippen LogP) is 0.306. The molecule has 0 bridgehead atoms. The highest BCUT2D eigenvalue weighted by atomic mass is 19.1. The molecule has 5 nitrogen and oxygen atoms in total. The molecule has 0 saturated carbocycles. The standard InChI is InChI=1S/C14H19FN2O3/c1-16-14(19)13-9-17(6-7-20-13)8-12(18)10-2-4-11(15)5-3-10/h2-5,12-13,18H,6-9H2,1H3,(H,16,19). The monoisotopic (exact) mass is 282 g/mol. The summed E-state index contributed by atoms with van der Waals surface area (Å²) < 4.78 is 18.2. The van der Waals surface area contributed by atoms with E-state index in [2.05, 4.69) is 5.32 Å². The second-order valence-corrected chi connectivity index (χ2v) is 4.80. The number of ether oxygens (including phenoxy) is 1. The zero-order valence-corrected chi connectivity index (χ0v) is 11.4. The Morgan fingerprint density at radius 1 is 1.55 bits per heavy atom. The molecule has 0 aliphatic carbocycles. The first-order valence-corrected chi connectivity index (χ1v) is 6.59. The normalized spacial score (nSPS) is 21.4. The summed E-state index contributed by atoms with van der Waals surface area (Å²) >= 11 is 0. The van der Waals surface area contributed by atoms with Gasteiger partial charge in [-0.3, -0.25) is 9.69 Å². The highest BCUT2D eigenvalue weighted by Gasteiger charge is 2.27. The summed E-state index contributed by atoms with van der Waals surface area (Å²) in [5, 5.41) is 12.7. The van der Waals surface area contributed by atoms with Crippen LogP contribution < -0.4 is 5.32 Å². The fraction of sp³-hybridized carbons (Fsp3) is 0.500. The number of aliphatic hydroxyl groups excluding tert-OH is 1. The number of rotatable bonds is 4. The summed E-state index contributed by atoms with van der Waals surface area (Å²) in [6, 6.07) is 5.78. The molecular formula is C14H19FN2O3. The molecular weight excluding hydrogens is 263 g/mol. The van der Waals surface area contributed by atoms with Crippen LogP contribution in [0.5, 0.6) is 0 Å². The summed E-state index contributed by atoms with van der Waals surface area (Å²) in [4.78, 5) is 13.5. The third-order valence-corrected chi connectivity index (χ3v) is 3.38. The Kier molecular flexibility index (Phi) is 5.05. The summed E-state index contributed by atoms with van der Waals surface area (Å²) in [6.07, 6.45) is -1.21. The first-order chi connectivity index (χ1) is 9.60. The third kappa shape index (κ3) is 3.75. The molecule has 20 heavy (non-hydrogen) atoms. The van der Waals surface area contributed by atoms with Crippen LogP contribution in [0.2, 0.25) is 0 Å². The van der Waals surface area contributed by atoms with E-state index in [1.165, 1.54) is 12.1 Å². The van der Waals surface area contributed by atoms with Crippen LogP contribution in [0.1, 0.15) is 11.7 Å². The van der Waals surface area contributed by atoms with Crippen molar-refractivity contribution in [1.29, 1.82) is 0 Å². The third-order valence-electron chi connectivity index (χ3n) is 3.38. The average molecular weight is 282 g/mol. The highest BCUT2D eigenvalue weighted by Crippen LogP contribution is 2.16. The largest absolute Gasteiger partial charge is 0.387 e. The Bertz CT molecular complexity index is 452. The van der Waals surface area contributed by atoms with Crippen LogP contribution >= 0.6 is 0 Å². The van der Waals surface area contributed by atoms with Crippen molar-refractivity contribution >= 4 is 5.91 Å². The Balaban J connectivity index is 1.92. The molecule has 1 heterocycles. The first kappa shape index (κ1) is 14.9. The second-order valence-electron chi connectivity index (χ2n) is 4.80. The van der Waals surface area contributed by atoms with Gasteiger partial charge in [0.25, 0.3) is 0 Å². The number of nitrogens with one attached hydrogen (secondary N) is 1. The van der Waals surface area contributed by atoms with Gasteiger partial charge in [-0.05, 0) is 17.7 Å². The number of nitrogens with zero attached hydrogens (tertiary/aromatic N) is 1. The van der Waals surface area contributed by atoms with Gasteiger partial charge in [-0.15, -0.1) is 0 Å². The molecule has 2 N–H and O–H groups in total. The van der Waals surface area contributed by atoms with Crippen molar-refractivity contribution in [2.24, 2.45) is 0 Å². The SMILES string of the molecule is CNC(=O)C1CN(CC(O)c2ccc(F)cc2)CCO1. The van der Waals surface area contributed by atoms with E-state index in [1.807, 2.05) is 4.90 Å². The van der Waals surface area contributed by atoms with E-state index in [9.17, 15) is 14.3 Å². The van der Waals surface area contributed by atoms with Gasteiger partial charge in [0.1, 0.15) is 11.9 Å². The molecule has 6 heteroatoms. The van der Waals surface area contributed by atoms with Gasteiger partial charge in [-0.1, -0.05) is 12.1 Å². The van der Waals surface area contributed by atoms with Crippen LogP contribution in [-0.2, 0) is 9.53 Å². The van der Waals surface area contributed by atoms with Gasteiger partial charge < -0.3 is 15.2 Å². The first-order valence-electron chi connectivity index (χ1n) is 6.59. The number of carbonyl (C=O) groups excluding carboxylic acids is 1. The molecule has 0 spiro atoms. The molecule has 0 radical (unpaired) electrons. The van der Waals surface area contributed by atoms with Gasteiger partial charge >= 0.3 is 0 Å². The molecule has 2 rings (SSSR count). The van der Waals surface area contributed by atoms with Crippen molar-refractivity contribution in [3.63, 3.8) is 0 Å². The summed E-state index contributed by atoms with van der Waals surface area (Å²) in [5.74, 6) is -0.488. The minimum Gasteiger partial charge on any atom is -0.387 e. The van der Waals surface area contributed by atoms with E-state index in [4.69, 9.17) is 4.74 Å². The Morgan fingerprint density at radius 3 is 2.90 bits per heavy atom. The molecule has 1 aliphatic rings. The zero-order valence-electron chi connectivity index (χ0n) is 11.4. The molecule has 1 fully saturated rings. The van der Waals surface area contributed by atoms with Gasteiger partial charge in [0.05, 0.1) is 12.7 Å². The zero-order chi connectivity index (χ0) is 14.5. The van der Waals surface area contributed by atoms with Crippen LogP contribution in [-0.4, -0.2) is 55.3 Å². The van der Waals surface area contributed by atoms with E-state index in [-0.39, 0.29) is 11.7 Å². The average Bonchev–Trinajstić information content (AvgIpc) is 2.47. The lowest BCUT2D eigenvalue weighted by Crippen LogP contribution is -2.50. The molecule has 1 amide bonds. The van der Waals surface area contributed by atoms with Gasteiger partial charge in [0, 0.05) is 26.7 Å². The molecule has 1 aromatic carbocycles. The smallest absolute Gasteiger partial charge is 0.250 e. The number of amides is 1. The summed E-state index contributed by atoms with van der Waals surface area (Å²) in [5.41, 5.74) is 0.661. The van der Waals surface area contributed by atoms with Crippen LogP contribution in [0.25, 0.3) is 0 Å². The van der Waals surface area contributed by atoms with Crippen LogP contribution in [0.4, 0.5) is 4.39 Å². The molecule has 2 atom stereocenters. The van der Waals surface area contributed by atoms with Gasteiger partial charge in [0.15, 0.2) is 0 Å². The summed E-state index contributed by atoms with van der Waals surface area (Å²) in [6.45, 7) is 1.94. The van der Waals surface area contributed by atoms with Crippen molar-refractivity contribution in [1.82, 2.24) is 10.2 Å². The molecule has 110 valence electrons. The molecule has 2 unspecified atom stereocenters. The van der Waals surface area contributed by atoms with E-state index < -0.39 is 12.2 Å². The van der Waals surface area contributed by atoms with Gasteiger partial charge in [-0.25, -0.2) is 4.39 Å². The lowest BCUT2D eigenvalue weighted by atomic mass is 10.1. The fourth-order valence-corrected chi connectivity index (χ4v) is 2.22. The number of β-amino-alcohol motifs (C(OH)–C–C–N with tert-alkyl or cyclic N) is 1. The number of benzene rings is 1. The van der Waals surface area contributed by atoms with E-state index in [0.717, 1.165) is 0 Å². The van der Waals surface area contributed by atoms with Crippen LogP contribution in [0, 0.1) is 5.82 Å². The number of aliphatic hydroxyl groups is 1. The fourth-order valence-electron chi connectivity index (χ4n) is 2.22. The Hall–Kier alpha value is -1.50. The second kappa shape index (κ2) is 6.78. The van der Waals surface area contributed by atoms with E-state index >= 15 is 0 Å². The number of hydrogen-bond acceptors (Lipinski definition) is 4. The molecule has 1 aliphatic heterocycles. The van der Waals surface area contributed by atoms with Gasteiger partial charge in [-0.2, -0.15) is 0 Å². The van der Waals surface area contributed by atoms with Crippen LogP contribution in [0.15, 0.2) is 24.3 Å². The Morgan fingerprint density at radius 2 is 2.25 bits per heavy atom. The van der Waals surface area contributed by atoms with Gasteiger partial charge in [0.2, 0.25) is 5.91 Å². The quantitative estimate of drug-likeness (QED) is 0.834. The highest BCUT2D eigenvalue weighted by molar-refractivity contribution is 5.80. The lowest BCUT2D eigenvalue weighted by Gasteiger charge is -2.33. The number of carbonyl (C=O) groups is 1. The molecule has 1 saturated heterocycles. The van der Waals surface area contributed by atoms with E-state index in [1.54, 1.807) is 19.2 Å². The number of halogens is 1. The maximum absolute atomic E-state index is 12.8. The van der Waals surface area contributed by atoms with Crippen molar-refractivity contribution in [3.05, 3.63) is 35.6 Å². The topological polar surface area (TPSA) is 61.8 Å². The van der Waals surface area contributed by atoms with Crippen molar-refractivity contribution in [3.8, 4) is 0 Å². The number of hydrogen-bond donors (Lipinski definition) is 2. The minimum atomic E-state index is -0.709. The molecule has 0 aromatic heterocycles. The maximum Gasteiger partial charge on any atom is 0.250 e. The number of likely N-dealkylation sites (N-methyl/N-ethyl adjacent to an activating group) is 1. The molecule has 1 aromatic rings. The van der Waals surface area contributed by atoms with E-state index in [0.29, 0.717) is 31.8 Å². The van der Waals surface area contributed by atoms with Crippen molar-refractivity contribution < 1.29 is 19.0 Å². The van der Waals surface area contributed by atoms with Crippen molar-refractivity contribution in [2.45, 2.75) is 12.2 Å². The maximum atomic E-state index is 12.8. The minimum absolute atomic E-state index is 0.161. The summed E-state index contributed by atoms with van der Waals surface area (Å²) in [7, 11) is 1.57.